The summed E-state index contributed by atoms with van der Waals surface area (Å²) in [5.74, 6) is 0.305. The van der Waals surface area contributed by atoms with Crippen LogP contribution in [0.1, 0.15) is 29.9 Å². The zero-order valence-corrected chi connectivity index (χ0v) is 26.6. The Morgan fingerprint density at radius 1 is 0.542 bits per heavy atom. The molecule has 2 heteroatoms. The van der Waals surface area contributed by atoms with E-state index in [-0.39, 0.29) is 6.04 Å². The van der Waals surface area contributed by atoms with Gasteiger partial charge in [0.05, 0.1) is 17.1 Å². The first kappa shape index (κ1) is 27.3. The fourth-order valence-corrected chi connectivity index (χ4v) is 8.21. The second-order valence-electron chi connectivity index (χ2n) is 13.2. The summed E-state index contributed by atoms with van der Waals surface area (Å²) >= 11 is 0. The van der Waals surface area contributed by atoms with Gasteiger partial charge in [0.25, 0.3) is 0 Å². The molecule has 0 spiro atoms. The molecule has 0 bridgehead atoms. The smallest absolute Gasteiger partial charge is 0.0629 e. The molecule has 2 aliphatic carbocycles. The standard InChI is InChI=1S/C46H34N2/c1-3-11-31(12-4-1)34-20-24-45-41(28-34)42-30-36(22-26-46(42)47(45)37-15-5-2-6-16-37)35-21-25-44-40(29-35)39-17-9-10-18-43(39)48(44)38-23-19-32-13-7-8-14-33(32)27-38/h2-3,5-30,39,43H,1,4H2. The van der Waals surface area contributed by atoms with Crippen LogP contribution in [-0.4, -0.2) is 10.6 Å². The number of para-hydroxylation sites is 1. The third-order valence-electron chi connectivity index (χ3n) is 10.5. The molecule has 2 atom stereocenters. The number of rotatable bonds is 4. The Bertz CT molecular complexity index is 2520. The van der Waals surface area contributed by atoms with Crippen LogP contribution in [0, 0.1) is 0 Å². The molecule has 0 saturated heterocycles. The number of benzene rings is 6. The quantitative estimate of drug-likeness (QED) is 0.191. The van der Waals surface area contributed by atoms with Crippen molar-refractivity contribution in [3.8, 4) is 16.8 Å². The number of aromatic nitrogens is 1. The van der Waals surface area contributed by atoms with Crippen molar-refractivity contribution >= 4 is 49.5 Å². The van der Waals surface area contributed by atoms with E-state index < -0.39 is 0 Å². The first-order chi connectivity index (χ1) is 23.8. The van der Waals surface area contributed by atoms with E-state index in [9.17, 15) is 0 Å². The van der Waals surface area contributed by atoms with Crippen molar-refractivity contribution in [1.82, 2.24) is 4.57 Å². The summed E-state index contributed by atoms with van der Waals surface area (Å²) < 4.78 is 2.41. The molecule has 1 aliphatic heterocycles. The minimum absolute atomic E-state index is 0.259. The summed E-state index contributed by atoms with van der Waals surface area (Å²) in [4.78, 5) is 2.53. The van der Waals surface area contributed by atoms with Crippen LogP contribution in [0.2, 0.25) is 0 Å². The number of anilines is 2. The van der Waals surface area contributed by atoms with Gasteiger partial charge in [-0.25, -0.2) is 0 Å². The molecule has 7 aromatic rings. The number of hydrogen-bond donors (Lipinski definition) is 0. The van der Waals surface area contributed by atoms with Crippen molar-refractivity contribution in [2.75, 3.05) is 4.90 Å². The minimum Gasteiger partial charge on any atom is -0.333 e. The van der Waals surface area contributed by atoms with Crippen LogP contribution in [0.5, 0.6) is 0 Å². The van der Waals surface area contributed by atoms with E-state index in [1.807, 2.05) is 0 Å². The maximum atomic E-state index is 2.53. The molecule has 2 nitrogen and oxygen atoms in total. The van der Waals surface area contributed by atoms with Crippen molar-refractivity contribution in [2.24, 2.45) is 0 Å². The van der Waals surface area contributed by atoms with Gasteiger partial charge in [-0.15, -0.1) is 0 Å². The fourth-order valence-electron chi connectivity index (χ4n) is 8.21. The van der Waals surface area contributed by atoms with Gasteiger partial charge >= 0.3 is 0 Å². The monoisotopic (exact) mass is 614 g/mol. The third-order valence-corrected chi connectivity index (χ3v) is 10.5. The molecule has 0 amide bonds. The van der Waals surface area contributed by atoms with Crippen molar-refractivity contribution in [3.05, 3.63) is 181 Å². The van der Waals surface area contributed by atoms with Gasteiger partial charge in [0.2, 0.25) is 0 Å². The van der Waals surface area contributed by atoms with Gasteiger partial charge < -0.3 is 9.47 Å². The average Bonchev–Trinajstić information content (AvgIpc) is 3.67. The van der Waals surface area contributed by atoms with Crippen LogP contribution in [-0.2, 0) is 0 Å². The summed E-state index contributed by atoms with van der Waals surface area (Å²) in [5, 5.41) is 5.12. The lowest BCUT2D eigenvalue weighted by molar-refractivity contribution is 0.745. The van der Waals surface area contributed by atoms with Crippen LogP contribution in [0.4, 0.5) is 11.4 Å². The maximum Gasteiger partial charge on any atom is 0.0629 e. The SMILES string of the molecule is C1=CC2c3cc(-c4ccc5c(c4)c4cc(C6=CCCC=C6)ccc4n5-c4ccccc4)ccc3N(c3ccc4ccccc4c3)C2C=C1. The lowest BCUT2D eigenvalue weighted by Gasteiger charge is -2.29. The summed E-state index contributed by atoms with van der Waals surface area (Å²) in [6.07, 6.45) is 18.3. The van der Waals surface area contributed by atoms with Gasteiger partial charge in [0.1, 0.15) is 0 Å². The number of fused-ring (bicyclic) bond motifs is 7. The minimum atomic E-state index is 0.259. The molecule has 228 valence electrons. The van der Waals surface area contributed by atoms with Gasteiger partial charge in [-0.2, -0.15) is 0 Å². The third kappa shape index (κ3) is 4.26. The van der Waals surface area contributed by atoms with Crippen LogP contribution in [0.3, 0.4) is 0 Å². The lowest BCUT2D eigenvalue weighted by Crippen LogP contribution is -2.28. The predicted molar refractivity (Wildman–Crippen MR) is 203 cm³/mol. The van der Waals surface area contributed by atoms with Crippen LogP contribution in [0.25, 0.3) is 55.0 Å². The molecule has 0 N–H and O–H groups in total. The van der Waals surface area contributed by atoms with E-state index in [4.69, 9.17) is 0 Å². The molecule has 1 aromatic heterocycles. The largest absolute Gasteiger partial charge is 0.333 e. The first-order valence-corrected chi connectivity index (χ1v) is 17.1. The molecule has 0 saturated carbocycles. The normalized spacial score (nSPS) is 18.1. The molecular formula is C46H34N2. The Balaban J connectivity index is 1.13. The second kappa shape index (κ2) is 10.9. The zero-order valence-electron chi connectivity index (χ0n) is 26.6. The van der Waals surface area contributed by atoms with Crippen molar-refractivity contribution in [2.45, 2.75) is 24.8 Å². The van der Waals surface area contributed by atoms with Crippen molar-refractivity contribution in [1.29, 1.82) is 0 Å². The lowest BCUT2D eigenvalue weighted by atomic mass is 9.89. The zero-order chi connectivity index (χ0) is 31.6. The number of nitrogens with zero attached hydrogens (tertiary/aromatic N) is 2. The van der Waals surface area contributed by atoms with Gasteiger partial charge in [-0.1, -0.05) is 109 Å². The van der Waals surface area contributed by atoms with Crippen LogP contribution >= 0.6 is 0 Å². The van der Waals surface area contributed by atoms with Crippen LogP contribution < -0.4 is 4.90 Å². The van der Waals surface area contributed by atoms with Gasteiger partial charge in [0.15, 0.2) is 0 Å². The highest BCUT2D eigenvalue weighted by Crippen LogP contribution is 2.49. The molecule has 2 heterocycles. The molecule has 6 aromatic carbocycles. The Morgan fingerprint density at radius 2 is 1.27 bits per heavy atom. The van der Waals surface area contributed by atoms with E-state index in [0.29, 0.717) is 5.92 Å². The highest BCUT2D eigenvalue weighted by molar-refractivity contribution is 6.11. The molecule has 0 radical (unpaired) electrons. The van der Waals surface area contributed by atoms with Crippen LogP contribution in [0.15, 0.2) is 170 Å². The van der Waals surface area contributed by atoms with E-state index in [2.05, 4.69) is 179 Å². The second-order valence-corrected chi connectivity index (χ2v) is 13.2. The van der Waals surface area contributed by atoms with Crippen molar-refractivity contribution in [3.63, 3.8) is 0 Å². The Kier molecular flexibility index (Phi) is 6.17. The van der Waals surface area contributed by atoms with E-state index in [1.54, 1.807) is 0 Å². The molecule has 48 heavy (non-hydrogen) atoms. The van der Waals surface area contributed by atoms with Gasteiger partial charge in [-0.05, 0) is 112 Å². The molecular weight excluding hydrogens is 581 g/mol. The fraction of sp³-hybridized carbons (Fsp3) is 0.0870. The maximum absolute atomic E-state index is 2.53. The summed E-state index contributed by atoms with van der Waals surface area (Å²) in [6, 6.07) is 47.7. The van der Waals surface area contributed by atoms with E-state index in [1.165, 1.54) is 77.5 Å². The Labute approximate surface area is 280 Å². The molecule has 2 unspecified atom stereocenters. The Hall–Kier alpha value is -5.86. The highest BCUT2D eigenvalue weighted by Gasteiger charge is 2.37. The first-order valence-electron chi connectivity index (χ1n) is 17.1. The van der Waals surface area contributed by atoms with E-state index in [0.717, 1.165) is 12.8 Å². The highest BCUT2D eigenvalue weighted by atomic mass is 15.2. The topological polar surface area (TPSA) is 8.17 Å². The van der Waals surface area contributed by atoms with Crippen molar-refractivity contribution < 1.29 is 0 Å². The molecule has 0 fully saturated rings. The predicted octanol–water partition coefficient (Wildman–Crippen LogP) is 12.1. The summed E-state index contributed by atoms with van der Waals surface area (Å²) in [6.45, 7) is 0. The number of allylic oxidation sites excluding steroid dienone is 6. The Morgan fingerprint density at radius 3 is 2.10 bits per heavy atom. The number of hydrogen-bond acceptors (Lipinski definition) is 1. The summed E-state index contributed by atoms with van der Waals surface area (Å²) in [7, 11) is 0. The summed E-state index contributed by atoms with van der Waals surface area (Å²) in [5.41, 5.74) is 12.7. The molecule has 3 aliphatic rings. The van der Waals surface area contributed by atoms with E-state index >= 15 is 0 Å². The average molecular weight is 615 g/mol. The van der Waals surface area contributed by atoms with Gasteiger partial charge in [-0.3, -0.25) is 0 Å². The molecule has 10 rings (SSSR count). The van der Waals surface area contributed by atoms with Gasteiger partial charge in [0, 0.05) is 33.8 Å².